The van der Waals surface area contributed by atoms with Gasteiger partial charge in [0.1, 0.15) is 0 Å². The lowest BCUT2D eigenvalue weighted by atomic mass is 10.0. The van der Waals surface area contributed by atoms with E-state index in [0.717, 1.165) is 28.3 Å². The van der Waals surface area contributed by atoms with Crippen LogP contribution in [0.25, 0.3) is 0 Å². The highest BCUT2D eigenvalue weighted by Crippen LogP contribution is 2.25. The molecule has 0 atom stereocenters. The van der Waals surface area contributed by atoms with Crippen molar-refractivity contribution in [3.05, 3.63) is 89.5 Å². The van der Waals surface area contributed by atoms with E-state index in [1.54, 1.807) is 24.5 Å². The molecule has 0 amide bonds. The Balaban J connectivity index is 1.69. The minimum atomic E-state index is 0.418. The third-order valence-corrected chi connectivity index (χ3v) is 4.94. The van der Waals surface area contributed by atoms with Gasteiger partial charge in [0.05, 0.1) is 12.8 Å². The van der Waals surface area contributed by atoms with Gasteiger partial charge in [-0.3, -0.25) is 5.41 Å². The van der Waals surface area contributed by atoms with Crippen LogP contribution in [0.3, 0.4) is 0 Å². The fraction of sp³-hybridized carbons (Fsp3) is 0.0952. The number of nitrogens with one attached hydrogen (secondary N) is 2. The zero-order chi connectivity index (χ0) is 19.1. The highest BCUT2D eigenvalue weighted by molar-refractivity contribution is 7.99. The van der Waals surface area contributed by atoms with Gasteiger partial charge in [0.15, 0.2) is 5.69 Å². The van der Waals surface area contributed by atoms with E-state index in [1.807, 2.05) is 66.7 Å². The highest BCUT2D eigenvalue weighted by Gasteiger charge is 2.10. The molecule has 0 bridgehead atoms. The van der Waals surface area contributed by atoms with Crippen LogP contribution < -0.4 is 15.9 Å². The van der Waals surface area contributed by atoms with Crippen molar-refractivity contribution in [2.75, 3.05) is 17.6 Å². The first kappa shape index (κ1) is 19.0. The monoisotopic (exact) mass is 379 g/mol. The van der Waals surface area contributed by atoms with Crippen molar-refractivity contribution in [2.45, 2.75) is 5.75 Å². The largest absolute Gasteiger partial charge is 0.398 e. The Hall–Kier alpha value is -2.80. The van der Waals surface area contributed by atoms with Gasteiger partial charge >= 0.3 is 0 Å². The van der Waals surface area contributed by atoms with Crippen LogP contribution in [0, 0.1) is 5.41 Å². The van der Waals surface area contributed by atoms with E-state index in [2.05, 4.69) is 10.8 Å². The van der Waals surface area contributed by atoms with Crippen LogP contribution in [0.4, 0.5) is 17.1 Å². The standard InChI is InChI=1S/C21H22N4OS/c1-26-24-20-10-6-5-9-16(20)14-27-25-17-11-12-19(22)18(13-17)21(23)15-7-3-2-4-8-15/h2-13,23-25H,14,22H2,1H3/p+1. The fourth-order valence-electron chi connectivity index (χ4n) is 2.70. The second-order valence-corrected chi connectivity index (χ2v) is 6.77. The normalized spacial score (nSPS) is 10.6. The summed E-state index contributed by atoms with van der Waals surface area (Å²) in [6.45, 7) is 0. The van der Waals surface area contributed by atoms with Crippen molar-refractivity contribution in [3.63, 3.8) is 0 Å². The topological polar surface area (TPSA) is 87.7 Å². The molecule has 0 unspecified atom stereocenters. The summed E-state index contributed by atoms with van der Waals surface area (Å²) >= 11 is 1.58. The van der Waals surface area contributed by atoms with Crippen molar-refractivity contribution >= 4 is 34.7 Å². The number of nitrogen functional groups attached to an aromatic ring is 1. The second-order valence-electron chi connectivity index (χ2n) is 5.99. The van der Waals surface area contributed by atoms with Crippen molar-refractivity contribution in [2.24, 2.45) is 0 Å². The first-order chi connectivity index (χ1) is 13.2. The van der Waals surface area contributed by atoms with E-state index in [9.17, 15) is 0 Å². The maximum atomic E-state index is 8.46. The molecule has 0 radical (unpaired) electrons. The van der Waals surface area contributed by atoms with Crippen LogP contribution in [0.5, 0.6) is 0 Å². The lowest BCUT2D eigenvalue weighted by Gasteiger charge is -2.12. The van der Waals surface area contributed by atoms with E-state index >= 15 is 0 Å². The van der Waals surface area contributed by atoms with Gasteiger partial charge in [-0.25, -0.2) is 4.84 Å². The summed E-state index contributed by atoms with van der Waals surface area (Å²) in [4.78, 5) is 5.14. The molecule has 0 aliphatic carbocycles. The second kappa shape index (κ2) is 9.23. The van der Waals surface area contributed by atoms with Gasteiger partial charge < -0.3 is 10.5 Å². The van der Waals surface area contributed by atoms with E-state index in [0.29, 0.717) is 11.4 Å². The summed E-state index contributed by atoms with van der Waals surface area (Å²) in [6.07, 6.45) is 0. The van der Waals surface area contributed by atoms with Crippen molar-refractivity contribution in [1.29, 1.82) is 5.41 Å². The number of anilines is 2. The predicted octanol–water partition coefficient (Wildman–Crippen LogP) is 3.70. The number of benzene rings is 3. The molecule has 5 nitrogen and oxygen atoms in total. The van der Waals surface area contributed by atoms with Crippen LogP contribution in [-0.4, -0.2) is 12.8 Å². The van der Waals surface area contributed by atoms with Crippen LogP contribution in [-0.2, 0) is 10.6 Å². The molecular formula is C21H23N4OS+. The molecule has 0 aromatic heterocycles. The van der Waals surface area contributed by atoms with Gasteiger partial charge in [0.2, 0.25) is 0 Å². The van der Waals surface area contributed by atoms with E-state index < -0.39 is 0 Å². The minimum absolute atomic E-state index is 0.418. The lowest BCUT2D eigenvalue weighted by Crippen LogP contribution is -2.76. The molecule has 27 heavy (non-hydrogen) atoms. The zero-order valence-electron chi connectivity index (χ0n) is 15.1. The Morgan fingerprint density at radius 1 is 1.07 bits per heavy atom. The average Bonchev–Trinajstić information content (AvgIpc) is 2.71. The molecule has 0 saturated heterocycles. The summed E-state index contributed by atoms with van der Waals surface area (Å²) in [5.41, 5.74) is 13.6. The van der Waals surface area contributed by atoms with Crippen LogP contribution >= 0.6 is 11.9 Å². The van der Waals surface area contributed by atoms with Gasteiger partial charge in [-0.05, 0) is 30.1 Å². The maximum Gasteiger partial charge on any atom is 0.166 e. The Morgan fingerprint density at radius 3 is 2.59 bits per heavy atom. The number of rotatable bonds is 8. The molecule has 3 aromatic rings. The molecule has 3 rings (SSSR count). The predicted molar refractivity (Wildman–Crippen MR) is 113 cm³/mol. The summed E-state index contributed by atoms with van der Waals surface area (Å²) < 4.78 is 3.35. The van der Waals surface area contributed by atoms with E-state index in [4.69, 9.17) is 16.0 Å². The van der Waals surface area contributed by atoms with E-state index in [1.165, 1.54) is 5.56 Å². The van der Waals surface area contributed by atoms with Crippen LogP contribution in [0.1, 0.15) is 16.7 Å². The van der Waals surface area contributed by atoms with Gasteiger partial charge in [-0.1, -0.05) is 48.5 Å². The lowest BCUT2D eigenvalue weighted by molar-refractivity contribution is -0.830. The average molecular weight is 380 g/mol. The molecule has 6 N–H and O–H groups in total. The minimum Gasteiger partial charge on any atom is -0.398 e. The summed E-state index contributed by atoms with van der Waals surface area (Å²) in [7, 11) is 1.65. The zero-order valence-corrected chi connectivity index (χ0v) is 15.9. The molecule has 3 aromatic carbocycles. The first-order valence-corrected chi connectivity index (χ1v) is 9.53. The Bertz CT molecular complexity index is 915. The van der Waals surface area contributed by atoms with Gasteiger partial charge in [0.25, 0.3) is 0 Å². The van der Waals surface area contributed by atoms with E-state index in [-0.39, 0.29) is 0 Å². The Labute approximate surface area is 163 Å². The highest BCUT2D eigenvalue weighted by atomic mass is 32.2. The van der Waals surface area contributed by atoms with Gasteiger partial charge in [0, 0.05) is 39.9 Å². The molecule has 138 valence electrons. The third-order valence-electron chi connectivity index (χ3n) is 4.10. The SMILES string of the molecule is CO[NH2+]c1ccccc1CSNc1ccc(N)c(C(=N)c2ccccc2)c1. The first-order valence-electron chi connectivity index (χ1n) is 8.54. The quantitative estimate of drug-likeness (QED) is 0.208. The summed E-state index contributed by atoms with van der Waals surface area (Å²) in [5.74, 6) is 0.784. The number of hydrogen-bond donors (Lipinski definition) is 4. The molecular weight excluding hydrogens is 356 g/mol. The summed E-state index contributed by atoms with van der Waals surface area (Å²) in [6, 6.07) is 23.4. The van der Waals surface area contributed by atoms with Gasteiger partial charge in [-0.15, -0.1) is 0 Å². The number of quaternary nitrogens is 1. The molecule has 6 heteroatoms. The molecule has 0 spiro atoms. The molecule has 0 heterocycles. The smallest absolute Gasteiger partial charge is 0.166 e. The van der Waals surface area contributed by atoms with Crippen LogP contribution in [0.2, 0.25) is 0 Å². The number of hydrogen-bond acceptors (Lipinski definition) is 5. The van der Waals surface area contributed by atoms with Crippen molar-refractivity contribution in [3.8, 4) is 0 Å². The Morgan fingerprint density at radius 2 is 1.81 bits per heavy atom. The van der Waals surface area contributed by atoms with Gasteiger partial charge in [-0.2, -0.15) is 5.48 Å². The molecule has 0 aliphatic heterocycles. The molecule has 0 saturated carbocycles. The fourth-order valence-corrected chi connectivity index (χ4v) is 3.49. The van der Waals surface area contributed by atoms with Crippen molar-refractivity contribution < 1.29 is 10.3 Å². The third kappa shape index (κ3) is 4.89. The Kier molecular flexibility index (Phi) is 6.49. The molecule has 0 aliphatic rings. The maximum absolute atomic E-state index is 8.46. The summed E-state index contributed by atoms with van der Waals surface area (Å²) in [5, 5.41) is 8.46. The van der Waals surface area contributed by atoms with Crippen LogP contribution in [0.15, 0.2) is 72.8 Å². The number of nitrogens with two attached hydrogens (primary N) is 2. The molecule has 0 fully saturated rings. The van der Waals surface area contributed by atoms with Crippen molar-refractivity contribution in [1.82, 2.24) is 0 Å².